The number of aryl methyl sites for hydroxylation is 2. The van der Waals surface area contributed by atoms with Crippen molar-refractivity contribution in [2.24, 2.45) is 0 Å². The van der Waals surface area contributed by atoms with Crippen LogP contribution in [0.1, 0.15) is 11.4 Å². The van der Waals surface area contributed by atoms with Crippen LogP contribution in [0.4, 0.5) is 5.82 Å². The molecule has 2 rings (SSSR count). The van der Waals surface area contributed by atoms with Crippen molar-refractivity contribution in [3.63, 3.8) is 0 Å². The Bertz CT molecular complexity index is 537. The predicted octanol–water partition coefficient (Wildman–Crippen LogP) is 2.96. The van der Waals surface area contributed by atoms with Crippen molar-refractivity contribution >= 4 is 21.7 Å². The van der Waals surface area contributed by atoms with E-state index in [2.05, 4.69) is 36.2 Å². The Morgan fingerprint density at radius 3 is 2.53 bits per heavy atom. The molecule has 0 saturated carbocycles. The molecule has 5 heteroatoms. The summed E-state index contributed by atoms with van der Waals surface area (Å²) in [4.78, 5) is 13.1. The van der Waals surface area contributed by atoms with Gasteiger partial charge in [-0.25, -0.2) is 9.97 Å². The van der Waals surface area contributed by atoms with E-state index >= 15 is 0 Å². The fourth-order valence-electron chi connectivity index (χ4n) is 1.45. The van der Waals surface area contributed by atoms with E-state index < -0.39 is 0 Å². The van der Waals surface area contributed by atoms with Crippen LogP contribution < -0.4 is 5.32 Å². The molecule has 0 aliphatic carbocycles. The number of aromatic nitrogens is 3. The van der Waals surface area contributed by atoms with E-state index in [1.165, 1.54) is 0 Å². The summed E-state index contributed by atoms with van der Waals surface area (Å²) in [5.41, 5.74) is 2.80. The summed E-state index contributed by atoms with van der Waals surface area (Å²) in [6, 6.07) is 3.93. The zero-order valence-electron chi connectivity index (χ0n) is 9.95. The number of pyridine rings is 1. The molecule has 2 aromatic rings. The van der Waals surface area contributed by atoms with Crippen LogP contribution in [0.15, 0.2) is 22.8 Å². The van der Waals surface area contributed by atoms with Gasteiger partial charge >= 0.3 is 0 Å². The lowest BCUT2D eigenvalue weighted by molar-refractivity contribution is 1.08. The van der Waals surface area contributed by atoms with Gasteiger partial charge in [0.2, 0.25) is 0 Å². The first-order valence-electron chi connectivity index (χ1n) is 5.26. The number of nitrogens with zero attached hydrogens (tertiary/aromatic N) is 3. The average Bonchev–Trinajstić information content (AvgIpc) is 2.33. The van der Waals surface area contributed by atoms with Crippen LogP contribution in [0.25, 0.3) is 11.4 Å². The first kappa shape index (κ1) is 12.0. The van der Waals surface area contributed by atoms with Crippen molar-refractivity contribution in [1.29, 1.82) is 0 Å². The normalized spacial score (nSPS) is 10.4. The Morgan fingerprint density at radius 2 is 1.94 bits per heavy atom. The molecule has 17 heavy (non-hydrogen) atoms. The van der Waals surface area contributed by atoms with Crippen molar-refractivity contribution in [3.8, 4) is 11.4 Å². The van der Waals surface area contributed by atoms with E-state index in [9.17, 15) is 0 Å². The van der Waals surface area contributed by atoms with Gasteiger partial charge in [-0.15, -0.1) is 0 Å². The summed E-state index contributed by atoms with van der Waals surface area (Å²) in [6.07, 6.45) is 1.79. The van der Waals surface area contributed by atoms with E-state index in [0.717, 1.165) is 27.2 Å². The molecule has 0 fully saturated rings. The molecule has 0 unspecified atom stereocenters. The summed E-state index contributed by atoms with van der Waals surface area (Å²) < 4.78 is 0.892. The van der Waals surface area contributed by atoms with Crippen LogP contribution in [0.5, 0.6) is 0 Å². The fourth-order valence-corrected chi connectivity index (χ4v) is 1.83. The molecule has 4 nitrogen and oxygen atoms in total. The highest BCUT2D eigenvalue weighted by atomic mass is 79.9. The first-order chi connectivity index (χ1) is 8.11. The molecule has 0 radical (unpaired) electrons. The molecule has 88 valence electrons. The van der Waals surface area contributed by atoms with E-state index in [1.54, 1.807) is 6.20 Å². The van der Waals surface area contributed by atoms with Crippen molar-refractivity contribution < 1.29 is 0 Å². The van der Waals surface area contributed by atoms with Crippen molar-refractivity contribution in [1.82, 2.24) is 15.0 Å². The molecular formula is C12H13BrN4. The quantitative estimate of drug-likeness (QED) is 0.925. The summed E-state index contributed by atoms with van der Waals surface area (Å²) >= 11 is 3.46. The van der Waals surface area contributed by atoms with E-state index in [0.29, 0.717) is 5.82 Å². The third-order valence-electron chi connectivity index (χ3n) is 2.42. The van der Waals surface area contributed by atoms with Gasteiger partial charge in [-0.3, -0.25) is 4.98 Å². The predicted molar refractivity (Wildman–Crippen MR) is 72.0 cm³/mol. The van der Waals surface area contributed by atoms with Gasteiger partial charge in [-0.05, 0) is 41.9 Å². The van der Waals surface area contributed by atoms with Crippen LogP contribution >= 0.6 is 15.9 Å². The highest BCUT2D eigenvalue weighted by Gasteiger charge is 2.09. The summed E-state index contributed by atoms with van der Waals surface area (Å²) in [5.74, 6) is 1.47. The highest BCUT2D eigenvalue weighted by molar-refractivity contribution is 9.10. The molecule has 0 bridgehead atoms. The van der Waals surface area contributed by atoms with Crippen LogP contribution in [-0.2, 0) is 0 Å². The molecule has 0 spiro atoms. The lowest BCUT2D eigenvalue weighted by Crippen LogP contribution is -2.01. The molecule has 0 atom stereocenters. The lowest BCUT2D eigenvalue weighted by atomic mass is 10.2. The van der Waals surface area contributed by atoms with E-state index in [-0.39, 0.29) is 0 Å². The second-order valence-corrected chi connectivity index (χ2v) is 4.53. The number of hydrogen-bond donors (Lipinski definition) is 1. The first-order valence-corrected chi connectivity index (χ1v) is 6.06. The standard InChI is InChI=1S/C12H13BrN4/c1-7-4-5-9(6-15-7)11-16-8(2)10(13)12(14-3)17-11/h4-6H,1-3H3,(H,14,16,17). The van der Waals surface area contributed by atoms with Gasteiger partial charge in [0.1, 0.15) is 5.82 Å². The molecule has 0 aliphatic heterocycles. The van der Waals surface area contributed by atoms with Crippen molar-refractivity contribution in [2.75, 3.05) is 12.4 Å². The number of halogens is 1. The lowest BCUT2D eigenvalue weighted by Gasteiger charge is -2.08. The van der Waals surface area contributed by atoms with Gasteiger partial charge in [-0.2, -0.15) is 0 Å². The molecule has 0 saturated heterocycles. The molecular weight excluding hydrogens is 280 g/mol. The molecule has 1 N–H and O–H groups in total. The van der Waals surface area contributed by atoms with E-state index in [4.69, 9.17) is 0 Å². The summed E-state index contributed by atoms with van der Waals surface area (Å²) in [6.45, 7) is 3.90. The fraction of sp³-hybridized carbons (Fsp3) is 0.250. The molecule has 0 aromatic carbocycles. The number of rotatable bonds is 2. The maximum atomic E-state index is 4.44. The Balaban J connectivity index is 2.52. The summed E-state index contributed by atoms with van der Waals surface area (Å²) in [7, 11) is 1.84. The maximum Gasteiger partial charge on any atom is 0.163 e. The Morgan fingerprint density at radius 1 is 1.18 bits per heavy atom. The molecule has 0 amide bonds. The van der Waals surface area contributed by atoms with Gasteiger partial charge in [0.15, 0.2) is 5.82 Å². The topological polar surface area (TPSA) is 50.7 Å². The zero-order valence-corrected chi connectivity index (χ0v) is 11.5. The number of hydrogen-bond acceptors (Lipinski definition) is 4. The van der Waals surface area contributed by atoms with Crippen LogP contribution in [0.2, 0.25) is 0 Å². The van der Waals surface area contributed by atoms with Gasteiger partial charge in [0, 0.05) is 24.5 Å². The van der Waals surface area contributed by atoms with Crippen LogP contribution in [-0.4, -0.2) is 22.0 Å². The van der Waals surface area contributed by atoms with Crippen molar-refractivity contribution in [3.05, 3.63) is 34.2 Å². The van der Waals surface area contributed by atoms with Gasteiger partial charge in [0.25, 0.3) is 0 Å². The maximum absolute atomic E-state index is 4.44. The highest BCUT2D eigenvalue weighted by Crippen LogP contribution is 2.25. The molecule has 2 aromatic heterocycles. The Kier molecular flexibility index (Phi) is 3.38. The second-order valence-electron chi connectivity index (χ2n) is 3.73. The molecule has 2 heterocycles. The Labute approximate surface area is 109 Å². The van der Waals surface area contributed by atoms with Gasteiger partial charge in [0.05, 0.1) is 10.2 Å². The van der Waals surface area contributed by atoms with Crippen molar-refractivity contribution in [2.45, 2.75) is 13.8 Å². The minimum absolute atomic E-state index is 0.683. The number of anilines is 1. The van der Waals surface area contributed by atoms with Gasteiger partial charge < -0.3 is 5.32 Å². The second kappa shape index (κ2) is 4.79. The largest absolute Gasteiger partial charge is 0.372 e. The van der Waals surface area contributed by atoms with Gasteiger partial charge in [-0.1, -0.05) is 0 Å². The minimum atomic E-state index is 0.683. The third-order valence-corrected chi connectivity index (χ3v) is 3.37. The van der Waals surface area contributed by atoms with Crippen LogP contribution in [0, 0.1) is 13.8 Å². The monoisotopic (exact) mass is 292 g/mol. The summed E-state index contributed by atoms with van der Waals surface area (Å²) in [5, 5.41) is 3.04. The Hall–Kier alpha value is -1.49. The zero-order chi connectivity index (χ0) is 12.4. The minimum Gasteiger partial charge on any atom is -0.372 e. The third kappa shape index (κ3) is 2.44. The van der Waals surface area contributed by atoms with Crippen LogP contribution in [0.3, 0.4) is 0 Å². The molecule has 0 aliphatic rings. The number of nitrogens with one attached hydrogen (secondary N) is 1. The SMILES string of the molecule is CNc1nc(-c2ccc(C)nc2)nc(C)c1Br. The smallest absolute Gasteiger partial charge is 0.163 e. The van der Waals surface area contributed by atoms with E-state index in [1.807, 2.05) is 33.0 Å². The average molecular weight is 293 g/mol.